The van der Waals surface area contributed by atoms with Crippen LogP contribution in [0.3, 0.4) is 0 Å². The van der Waals surface area contributed by atoms with Gasteiger partial charge in [-0.2, -0.15) is 0 Å². The number of fused-ring (bicyclic) bond motifs is 1. The van der Waals surface area contributed by atoms with Crippen LogP contribution in [-0.2, 0) is 17.8 Å². The predicted molar refractivity (Wildman–Crippen MR) is 145 cm³/mol. The number of aromatic nitrogens is 1. The minimum atomic E-state index is -0.456. The van der Waals surface area contributed by atoms with E-state index in [4.69, 9.17) is 11.6 Å². The van der Waals surface area contributed by atoms with Gasteiger partial charge in [0.05, 0.1) is 17.0 Å². The Morgan fingerprint density at radius 3 is 2.44 bits per heavy atom. The van der Waals surface area contributed by atoms with Crippen molar-refractivity contribution in [1.82, 2.24) is 9.47 Å². The number of carbonyl (C=O) groups excluding carboxylic acids is 3. The molecular formula is C29H23ClN2O3S. The highest BCUT2D eigenvalue weighted by Crippen LogP contribution is 2.35. The van der Waals surface area contributed by atoms with Gasteiger partial charge in [-0.05, 0) is 59.7 Å². The van der Waals surface area contributed by atoms with Crippen LogP contribution in [0, 0.1) is 0 Å². The minimum absolute atomic E-state index is 0.306. The lowest BCUT2D eigenvalue weighted by Gasteiger charge is -2.11. The first-order valence-corrected chi connectivity index (χ1v) is 12.8. The predicted octanol–water partition coefficient (Wildman–Crippen LogP) is 6.82. The summed E-state index contributed by atoms with van der Waals surface area (Å²) in [5.41, 5.74) is 4.77. The molecule has 0 radical (unpaired) electrons. The van der Waals surface area contributed by atoms with E-state index < -0.39 is 11.1 Å². The van der Waals surface area contributed by atoms with E-state index in [2.05, 4.69) is 29.7 Å². The van der Waals surface area contributed by atoms with Crippen molar-refractivity contribution in [2.75, 3.05) is 6.54 Å². The molecule has 1 aliphatic heterocycles. The van der Waals surface area contributed by atoms with Gasteiger partial charge >= 0.3 is 0 Å². The molecule has 0 unspecified atom stereocenters. The topological polar surface area (TPSA) is 59.4 Å². The van der Waals surface area contributed by atoms with Crippen molar-refractivity contribution in [3.05, 3.63) is 111 Å². The minimum Gasteiger partial charge on any atom is -0.342 e. The molecule has 0 atom stereocenters. The fourth-order valence-corrected chi connectivity index (χ4v) is 5.37. The second kappa shape index (κ2) is 10.2. The molecule has 4 aromatic rings. The highest BCUT2D eigenvalue weighted by molar-refractivity contribution is 8.18. The second-order valence-electron chi connectivity index (χ2n) is 8.56. The summed E-state index contributed by atoms with van der Waals surface area (Å²) >= 11 is 6.76. The Balaban J connectivity index is 1.46. The molecule has 1 aromatic heterocycles. The number of para-hydroxylation sites is 1. The molecule has 1 aliphatic rings. The van der Waals surface area contributed by atoms with Crippen LogP contribution in [-0.4, -0.2) is 32.9 Å². The average Bonchev–Trinajstić information content (AvgIpc) is 3.36. The number of hydrogen-bond donors (Lipinski definition) is 0. The highest BCUT2D eigenvalue weighted by atomic mass is 35.5. The first-order chi connectivity index (χ1) is 17.4. The SMILES string of the molecule is CCc1cccc2c(/C=C3\SC(=O)N(CC(=O)c4ccc(Cl)cc4)C3=O)cn(Cc3ccccc3)c12. The number of nitrogens with zero attached hydrogens (tertiary/aromatic N) is 2. The summed E-state index contributed by atoms with van der Waals surface area (Å²) in [6.07, 6.45) is 4.67. The number of carbonyl (C=O) groups is 3. The Bertz CT molecular complexity index is 1510. The van der Waals surface area contributed by atoms with Crippen molar-refractivity contribution in [1.29, 1.82) is 0 Å². The Kier molecular flexibility index (Phi) is 6.81. The zero-order valence-corrected chi connectivity index (χ0v) is 21.2. The fraction of sp³-hybridized carbons (Fsp3) is 0.138. The van der Waals surface area contributed by atoms with E-state index in [0.717, 1.165) is 39.5 Å². The standard InChI is InChI=1S/C29H23ClN2O3S/c1-2-20-9-6-10-24-22(17-31(27(20)24)16-19-7-4-3-5-8-19)15-26-28(34)32(29(35)36-26)18-25(33)21-11-13-23(30)14-12-21/h3-15,17H,2,16,18H2,1H3/b26-15-. The van der Waals surface area contributed by atoms with Crippen LogP contribution in [0.4, 0.5) is 4.79 Å². The first-order valence-electron chi connectivity index (χ1n) is 11.6. The number of rotatable bonds is 7. The summed E-state index contributed by atoms with van der Waals surface area (Å²) in [5, 5.41) is 1.09. The fourth-order valence-electron chi connectivity index (χ4n) is 4.42. The molecule has 2 amide bonds. The third-order valence-electron chi connectivity index (χ3n) is 6.22. The Labute approximate surface area is 218 Å². The van der Waals surface area contributed by atoms with E-state index in [0.29, 0.717) is 22.0 Å². The van der Waals surface area contributed by atoms with E-state index in [9.17, 15) is 14.4 Å². The number of thioether (sulfide) groups is 1. The van der Waals surface area contributed by atoms with Gasteiger partial charge in [0.25, 0.3) is 11.1 Å². The number of hydrogen-bond acceptors (Lipinski definition) is 4. The van der Waals surface area contributed by atoms with Crippen molar-refractivity contribution in [3.8, 4) is 0 Å². The molecule has 180 valence electrons. The van der Waals surface area contributed by atoms with E-state index in [1.807, 2.05) is 36.5 Å². The molecule has 0 spiro atoms. The van der Waals surface area contributed by atoms with Gasteiger partial charge in [0.2, 0.25) is 0 Å². The summed E-state index contributed by atoms with van der Waals surface area (Å²) < 4.78 is 2.20. The van der Waals surface area contributed by atoms with Gasteiger partial charge < -0.3 is 4.57 Å². The van der Waals surface area contributed by atoms with Gasteiger partial charge in [0.15, 0.2) is 5.78 Å². The number of Topliss-reactive ketones (excluding diaryl/α,β-unsaturated/α-hetero) is 1. The van der Waals surface area contributed by atoms with E-state index in [1.165, 1.54) is 11.1 Å². The molecule has 1 saturated heterocycles. The van der Waals surface area contributed by atoms with E-state index >= 15 is 0 Å². The van der Waals surface area contributed by atoms with Gasteiger partial charge in [-0.3, -0.25) is 19.3 Å². The third kappa shape index (κ3) is 4.74. The molecule has 2 heterocycles. The number of imide groups is 1. The molecule has 0 aliphatic carbocycles. The van der Waals surface area contributed by atoms with Crippen LogP contribution in [0.15, 0.2) is 83.9 Å². The van der Waals surface area contributed by atoms with E-state index in [1.54, 1.807) is 30.3 Å². The number of ketones is 1. The van der Waals surface area contributed by atoms with Crippen LogP contribution >= 0.6 is 23.4 Å². The van der Waals surface area contributed by atoms with Gasteiger partial charge in [0.1, 0.15) is 0 Å². The smallest absolute Gasteiger partial charge is 0.293 e. The van der Waals surface area contributed by atoms with Crippen molar-refractivity contribution in [3.63, 3.8) is 0 Å². The van der Waals surface area contributed by atoms with Gasteiger partial charge in [-0.15, -0.1) is 0 Å². The Hall–Kier alpha value is -3.61. The summed E-state index contributed by atoms with van der Waals surface area (Å²) in [6.45, 7) is 2.51. The summed E-state index contributed by atoms with van der Waals surface area (Å²) in [4.78, 5) is 39.8. The summed E-state index contributed by atoms with van der Waals surface area (Å²) in [6, 6.07) is 22.8. The maximum atomic E-state index is 13.1. The van der Waals surface area contributed by atoms with Crippen molar-refractivity contribution in [2.24, 2.45) is 0 Å². The molecule has 0 N–H and O–H groups in total. The zero-order valence-electron chi connectivity index (χ0n) is 19.6. The molecule has 7 heteroatoms. The molecule has 5 nitrogen and oxygen atoms in total. The molecule has 1 fully saturated rings. The number of benzene rings is 3. The van der Waals surface area contributed by atoms with Crippen molar-refractivity contribution < 1.29 is 14.4 Å². The monoisotopic (exact) mass is 514 g/mol. The van der Waals surface area contributed by atoms with E-state index in [-0.39, 0.29) is 12.3 Å². The van der Waals surface area contributed by atoms with Crippen LogP contribution in [0.1, 0.15) is 34.0 Å². The lowest BCUT2D eigenvalue weighted by Crippen LogP contribution is -2.33. The first kappa shape index (κ1) is 24.1. The molecule has 0 bridgehead atoms. The maximum Gasteiger partial charge on any atom is 0.293 e. The molecule has 5 rings (SSSR count). The average molecular weight is 515 g/mol. The maximum absolute atomic E-state index is 13.1. The molecule has 0 saturated carbocycles. The second-order valence-corrected chi connectivity index (χ2v) is 9.99. The molecular weight excluding hydrogens is 492 g/mol. The quantitative estimate of drug-likeness (QED) is 0.200. The largest absolute Gasteiger partial charge is 0.342 e. The highest BCUT2D eigenvalue weighted by Gasteiger charge is 2.36. The lowest BCUT2D eigenvalue weighted by molar-refractivity contribution is -0.122. The third-order valence-corrected chi connectivity index (χ3v) is 7.38. The molecule has 3 aromatic carbocycles. The van der Waals surface area contributed by atoms with Crippen molar-refractivity contribution >= 4 is 57.3 Å². The van der Waals surface area contributed by atoms with Crippen LogP contribution < -0.4 is 0 Å². The Morgan fingerprint density at radius 1 is 0.972 bits per heavy atom. The van der Waals surface area contributed by atoms with Crippen LogP contribution in [0.2, 0.25) is 5.02 Å². The number of aryl methyl sites for hydroxylation is 1. The molecule has 36 heavy (non-hydrogen) atoms. The van der Waals surface area contributed by atoms with Crippen LogP contribution in [0.25, 0.3) is 17.0 Å². The van der Waals surface area contributed by atoms with Crippen LogP contribution in [0.5, 0.6) is 0 Å². The van der Waals surface area contributed by atoms with Gasteiger partial charge in [-0.1, -0.05) is 67.1 Å². The lowest BCUT2D eigenvalue weighted by atomic mass is 10.1. The number of halogens is 1. The summed E-state index contributed by atoms with van der Waals surface area (Å²) in [7, 11) is 0. The number of amides is 2. The Morgan fingerprint density at radius 2 is 1.72 bits per heavy atom. The van der Waals surface area contributed by atoms with Crippen molar-refractivity contribution in [2.45, 2.75) is 19.9 Å². The summed E-state index contributed by atoms with van der Waals surface area (Å²) in [5.74, 6) is -0.773. The van der Waals surface area contributed by atoms with Gasteiger partial charge in [-0.25, -0.2) is 0 Å². The van der Waals surface area contributed by atoms with Gasteiger partial charge in [0, 0.05) is 34.3 Å². The zero-order chi connectivity index (χ0) is 25.2. The normalized spacial score (nSPS) is 14.8.